The predicted octanol–water partition coefficient (Wildman–Crippen LogP) is 5.52. The van der Waals surface area contributed by atoms with E-state index in [4.69, 9.17) is 4.74 Å². The third kappa shape index (κ3) is 2.88. The van der Waals surface area contributed by atoms with Crippen LogP contribution in [0.15, 0.2) is 78.9 Å². The van der Waals surface area contributed by atoms with Crippen molar-refractivity contribution in [1.82, 2.24) is 0 Å². The Morgan fingerprint density at radius 1 is 0.929 bits per heavy atom. The Balaban J connectivity index is 1.54. The molecule has 140 valence electrons. The highest BCUT2D eigenvalue weighted by Gasteiger charge is 2.39. The van der Waals surface area contributed by atoms with E-state index in [1.165, 1.54) is 18.4 Å². The molecule has 1 unspecified atom stereocenters. The molecule has 2 aliphatic rings. The molecule has 1 amide bonds. The third-order valence-corrected chi connectivity index (χ3v) is 6.07. The first-order valence-electron chi connectivity index (χ1n) is 9.87. The maximum atomic E-state index is 13.6. The highest BCUT2D eigenvalue weighted by molar-refractivity contribution is 6.07. The summed E-state index contributed by atoms with van der Waals surface area (Å²) in [5, 5.41) is 0. The summed E-state index contributed by atoms with van der Waals surface area (Å²) in [7, 11) is 0. The highest BCUT2D eigenvalue weighted by atomic mass is 16.5. The van der Waals surface area contributed by atoms with Crippen LogP contribution in [0.2, 0.25) is 0 Å². The highest BCUT2D eigenvalue weighted by Crippen LogP contribution is 2.47. The average Bonchev–Trinajstić information content (AvgIpc) is 3.52. The minimum atomic E-state index is -0.149. The number of nitrogens with zero attached hydrogens (tertiary/aromatic N) is 1. The molecule has 3 aromatic rings. The van der Waals surface area contributed by atoms with Crippen molar-refractivity contribution in [2.24, 2.45) is 0 Å². The van der Waals surface area contributed by atoms with E-state index in [1.54, 1.807) is 0 Å². The molecule has 1 aliphatic heterocycles. The Morgan fingerprint density at radius 2 is 1.61 bits per heavy atom. The van der Waals surface area contributed by atoms with Crippen LogP contribution in [-0.4, -0.2) is 12.5 Å². The summed E-state index contributed by atoms with van der Waals surface area (Å²) < 4.78 is 5.98. The van der Waals surface area contributed by atoms with E-state index in [0.717, 1.165) is 17.0 Å². The van der Waals surface area contributed by atoms with Gasteiger partial charge in [-0.1, -0.05) is 61.5 Å². The number of rotatable bonds is 3. The average molecular weight is 369 g/mol. The van der Waals surface area contributed by atoms with Crippen LogP contribution in [0.25, 0.3) is 0 Å². The summed E-state index contributed by atoms with van der Waals surface area (Å²) in [6, 6.07) is 25.9. The van der Waals surface area contributed by atoms with Crippen LogP contribution in [0.4, 0.5) is 5.69 Å². The van der Waals surface area contributed by atoms with Crippen LogP contribution in [0.3, 0.4) is 0 Å². The normalized spacial score (nSPS) is 19.5. The molecule has 3 aromatic carbocycles. The molecule has 0 aromatic heterocycles. The van der Waals surface area contributed by atoms with Crippen molar-refractivity contribution in [3.63, 3.8) is 0 Å². The van der Waals surface area contributed by atoms with Crippen molar-refractivity contribution in [3.05, 3.63) is 95.6 Å². The van der Waals surface area contributed by atoms with E-state index in [9.17, 15) is 4.79 Å². The van der Waals surface area contributed by atoms with Crippen LogP contribution < -0.4 is 9.64 Å². The molecule has 0 bridgehead atoms. The topological polar surface area (TPSA) is 29.5 Å². The van der Waals surface area contributed by atoms with Gasteiger partial charge in [-0.25, -0.2) is 0 Å². The Morgan fingerprint density at radius 3 is 2.32 bits per heavy atom. The number of amides is 1. The Hall–Kier alpha value is -3.07. The van der Waals surface area contributed by atoms with Gasteiger partial charge in [-0.15, -0.1) is 0 Å². The van der Waals surface area contributed by atoms with Crippen molar-refractivity contribution in [1.29, 1.82) is 0 Å². The van der Waals surface area contributed by atoms with Crippen molar-refractivity contribution in [3.8, 4) is 5.75 Å². The van der Waals surface area contributed by atoms with Crippen molar-refractivity contribution >= 4 is 11.6 Å². The van der Waals surface area contributed by atoms with Gasteiger partial charge in [-0.05, 0) is 53.6 Å². The molecule has 1 heterocycles. The number of carbonyl (C=O) groups excluding carboxylic acids is 1. The predicted molar refractivity (Wildman–Crippen MR) is 111 cm³/mol. The molecular formula is C25H23NO2. The summed E-state index contributed by atoms with van der Waals surface area (Å²) in [5.41, 5.74) is 4.25. The number of hydrogen-bond acceptors (Lipinski definition) is 2. The maximum absolute atomic E-state index is 13.6. The molecule has 28 heavy (non-hydrogen) atoms. The molecule has 3 heteroatoms. The molecule has 0 spiro atoms. The SMILES string of the molecule is CC1(c2ccc(C(=O)N3c4ccccc4OCC3c3ccccc3)cc2)CC1. The number of hydrogen-bond donors (Lipinski definition) is 0. The minimum absolute atomic E-state index is 0.0112. The van der Waals surface area contributed by atoms with Crippen LogP contribution in [0.5, 0.6) is 5.75 Å². The fraction of sp³-hybridized carbons (Fsp3) is 0.240. The number of fused-ring (bicyclic) bond motifs is 1. The van der Waals surface area contributed by atoms with Gasteiger partial charge >= 0.3 is 0 Å². The van der Waals surface area contributed by atoms with Gasteiger partial charge in [0.15, 0.2) is 0 Å². The molecule has 1 aliphatic carbocycles. The molecule has 5 rings (SSSR count). The second-order valence-electron chi connectivity index (χ2n) is 8.02. The molecule has 1 saturated carbocycles. The zero-order valence-corrected chi connectivity index (χ0v) is 16.0. The Labute approximate surface area is 165 Å². The summed E-state index contributed by atoms with van der Waals surface area (Å²) >= 11 is 0. The maximum Gasteiger partial charge on any atom is 0.259 e. The summed E-state index contributed by atoms with van der Waals surface area (Å²) in [4.78, 5) is 15.5. The molecule has 0 saturated heterocycles. The molecule has 0 radical (unpaired) electrons. The quantitative estimate of drug-likeness (QED) is 0.608. The van der Waals surface area contributed by atoms with E-state index < -0.39 is 0 Å². The molecular weight excluding hydrogens is 346 g/mol. The first kappa shape index (κ1) is 17.1. The monoisotopic (exact) mass is 369 g/mol. The van der Waals surface area contributed by atoms with E-state index in [1.807, 2.05) is 59.5 Å². The van der Waals surface area contributed by atoms with Gasteiger partial charge in [0.05, 0.1) is 11.7 Å². The van der Waals surface area contributed by atoms with Crippen LogP contribution >= 0.6 is 0 Å². The van der Waals surface area contributed by atoms with Gasteiger partial charge < -0.3 is 4.74 Å². The van der Waals surface area contributed by atoms with Gasteiger partial charge in [-0.3, -0.25) is 9.69 Å². The lowest BCUT2D eigenvalue weighted by atomic mass is 9.96. The number of ether oxygens (including phenoxy) is 1. The van der Waals surface area contributed by atoms with Gasteiger partial charge in [0, 0.05) is 5.56 Å². The smallest absolute Gasteiger partial charge is 0.259 e. The number of para-hydroxylation sites is 2. The summed E-state index contributed by atoms with van der Waals surface area (Å²) in [6.07, 6.45) is 2.46. The van der Waals surface area contributed by atoms with Crippen molar-refractivity contribution < 1.29 is 9.53 Å². The molecule has 1 fully saturated rings. The molecule has 3 nitrogen and oxygen atoms in total. The second kappa shape index (κ2) is 6.52. The second-order valence-corrected chi connectivity index (χ2v) is 8.02. The van der Waals surface area contributed by atoms with Crippen LogP contribution in [0, 0.1) is 0 Å². The molecule has 0 N–H and O–H groups in total. The number of carbonyl (C=O) groups is 1. The lowest BCUT2D eigenvalue weighted by Crippen LogP contribution is -2.41. The van der Waals surface area contributed by atoms with Crippen molar-refractivity contribution in [2.45, 2.75) is 31.2 Å². The number of anilines is 1. The van der Waals surface area contributed by atoms with E-state index in [2.05, 4.69) is 31.2 Å². The van der Waals surface area contributed by atoms with Crippen LogP contribution in [0.1, 0.15) is 47.3 Å². The summed E-state index contributed by atoms with van der Waals surface area (Å²) in [5.74, 6) is 0.766. The fourth-order valence-electron chi connectivity index (χ4n) is 3.99. The summed E-state index contributed by atoms with van der Waals surface area (Å²) in [6.45, 7) is 2.73. The van der Waals surface area contributed by atoms with Crippen molar-refractivity contribution in [2.75, 3.05) is 11.5 Å². The van der Waals surface area contributed by atoms with Gasteiger partial charge in [0.25, 0.3) is 5.91 Å². The Bertz CT molecular complexity index is 1010. The van der Waals surface area contributed by atoms with E-state index in [-0.39, 0.29) is 11.9 Å². The fourth-order valence-corrected chi connectivity index (χ4v) is 3.99. The standard InChI is InChI=1S/C25H23NO2/c1-25(15-16-25)20-13-11-19(12-14-20)24(27)26-21-9-5-6-10-23(21)28-17-22(26)18-7-3-2-4-8-18/h2-14,22H,15-17H2,1H3. The van der Waals surface area contributed by atoms with Gasteiger partial charge in [0.2, 0.25) is 0 Å². The largest absolute Gasteiger partial charge is 0.489 e. The van der Waals surface area contributed by atoms with Gasteiger partial charge in [-0.2, -0.15) is 0 Å². The third-order valence-electron chi connectivity index (χ3n) is 6.07. The van der Waals surface area contributed by atoms with Crippen LogP contribution in [-0.2, 0) is 5.41 Å². The first-order chi connectivity index (χ1) is 13.7. The lowest BCUT2D eigenvalue weighted by Gasteiger charge is -2.37. The minimum Gasteiger partial charge on any atom is -0.489 e. The van der Waals surface area contributed by atoms with E-state index in [0.29, 0.717) is 17.6 Å². The van der Waals surface area contributed by atoms with E-state index >= 15 is 0 Å². The zero-order valence-electron chi connectivity index (χ0n) is 16.0. The zero-order chi connectivity index (χ0) is 19.1. The lowest BCUT2D eigenvalue weighted by molar-refractivity contribution is 0.0957. The van der Waals surface area contributed by atoms with Gasteiger partial charge in [0.1, 0.15) is 12.4 Å². The first-order valence-corrected chi connectivity index (χ1v) is 9.87. The number of benzene rings is 3. The molecule has 1 atom stereocenters. The Kier molecular flexibility index (Phi) is 3.97.